The van der Waals surface area contributed by atoms with Gasteiger partial charge in [-0.25, -0.2) is 9.37 Å². The number of unbranched alkanes of at least 4 members (excludes halogenated alkanes) is 1. The van der Waals surface area contributed by atoms with E-state index in [2.05, 4.69) is 50.1 Å². The van der Waals surface area contributed by atoms with Gasteiger partial charge in [-0.1, -0.05) is 31.5 Å². The van der Waals surface area contributed by atoms with Gasteiger partial charge in [0.05, 0.1) is 17.8 Å². The van der Waals surface area contributed by atoms with E-state index in [9.17, 15) is 4.39 Å². The maximum absolute atomic E-state index is 13.3. The first-order chi connectivity index (χ1) is 14.6. The molecule has 0 aliphatic carbocycles. The number of pyridine rings is 1. The first-order valence-corrected chi connectivity index (χ1v) is 10.7. The van der Waals surface area contributed by atoms with E-state index in [0.717, 1.165) is 41.5 Å². The van der Waals surface area contributed by atoms with E-state index in [-0.39, 0.29) is 6.61 Å². The first kappa shape index (κ1) is 22.0. The Bertz CT molecular complexity index is 930. The van der Waals surface area contributed by atoms with E-state index < -0.39 is 12.8 Å². The summed E-state index contributed by atoms with van der Waals surface area (Å²) in [7, 11) is 2.07. The molecular weight excluding hydrogens is 379 g/mol. The molecule has 0 spiro atoms. The van der Waals surface area contributed by atoms with Crippen LogP contribution in [-0.4, -0.2) is 44.6 Å². The van der Waals surface area contributed by atoms with Crippen molar-refractivity contribution in [1.82, 2.24) is 4.98 Å². The van der Waals surface area contributed by atoms with Gasteiger partial charge in [0, 0.05) is 42.9 Å². The van der Waals surface area contributed by atoms with Crippen molar-refractivity contribution < 1.29 is 13.9 Å². The molecule has 1 atom stereocenters. The summed E-state index contributed by atoms with van der Waals surface area (Å²) in [6.45, 7) is 5.48. The highest BCUT2D eigenvalue weighted by Crippen LogP contribution is 2.26. The molecule has 0 N–H and O–H groups in total. The van der Waals surface area contributed by atoms with Gasteiger partial charge in [0.25, 0.3) is 0 Å². The Hall–Kier alpha value is -2.66. The Kier molecular flexibility index (Phi) is 8.03. The van der Waals surface area contributed by atoms with Crippen LogP contribution in [0.25, 0.3) is 22.2 Å². The molecule has 1 aromatic heterocycles. The van der Waals surface area contributed by atoms with Crippen LogP contribution in [0.2, 0.25) is 0 Å². The fourth-order valence-electron chi connectivity index (χ4n) is 3.16. The second-order valence-corrected chi connectivity index (χ2v) is 7.43. The van der Waals surface area contributed by atoms with Crippen LogP contribution >= 0.6 is 0 Å². The molecule has 2 aromatic carbocycles. The maximum atomic E-state index is 13.3. The molecular formula is C25H31FN2O2. The molecule has 1 heterocycles. The number of rotatable bonds is 11. The summed E-state index contributed by atoms with van der Waals surface area (Å²) in [5.74, 6) is 0.605. The van der Waals surface area contributed by atoms with Crippen molar-refractivity contribution >= 4 is 16.6 Å². The predicted molar refractivity (Wildman–Crippen MR) is 122 cm³/mol. The molecule has 0 saturated carbocycles. The smallest absolute Gasteiger partial charge is 0.150 e. The minimum atomic E-state index is -0.606. The first-order valence-electron chi connectivity index (χ1n) is 10.7. The predicted octanol–water partition coefficient (Wildman–Crippen LogP) is 5.89. The minimum Gasteiger partial charge on any atom is -0.485 e. The number of anilines is 1. The van der Waals surface area contributed by atoms with Crippen molar-refractivity contribution in [3.05, 3.63) is 54.6 Å². The maximum Gasteiger partial charge on any atom is 0.150 e. The Morgan fingerprint density at radius 3 is 2.50 bits per heavy atom. The summed E-state index contributed by atoms with van der Waals surface area (Å²) in [6.07, 6.45) is 1.42. The van der Waals surface area contributed by atoms with Crippen molar-refractivity contribution in [3.8, 4) is 17.0 Å². The highest BCUT2D eigenvalue weighted by atomic mass is 19.1. The normalized spacial score (nSPS) is 12.1. The lowest BCUT2D eigenvalue weighted by atomic mass is 10.1. The molecule has 3 aromatic rings. The Labute approximate surface area is 178 Å². The third-order valence-corrected chi connectivity index (χ3v) is 5.16. The van der Waals surface area contributed by atoms with Gasteiger partial charge in [-0.15, -0.1) is 0 Å². The second kappa shape index (κ2) is 10.9. The van der Waals surface area contributed by atoms with Crippen LogP contribution in [0.4, 0.5) is 10.1 Å². The SMILES string of the molecule is CCCCOCC(CF)Oc1ccc2ccc(-c3ccc(N(C)CC)cc3)nc2c1. The van der Waals surface area contributed by atoms with Crippen LogP contribution in [-0.2, 0) is 4.74 Å². The third-order valence-electron chi connectivity index (χ3n) is 5.16. The molecule has 0 radical (unpaired) electrons. The van der Waals surface area contributed by atoms with E-state index in [1.54, 1.807) is 0 Å². The fraction of sp³-hybridized carbons (Fsp3) is 0.400. The summed E-state index contributed by atoms with van der Waals surface area (Å²) in [4.78, 5) is 6.99. The molecule has 1 unspecified atom stereocenters. The number of alkyl halides is 1. The van der Waals surface area contributed by atoms with E-state index in [0.29, 0.717) is 12.4 Å². The van der Waals surface area contributed by atoms with Gasteiger partial charge >= 0.3 is 0 Å². The lowest BCUT2D eigenvalue weighted by Crippen LogP contribution is -2.25. The molecule has 160 valence electrons. The van der Waals surface area contributed by atoms with Gasteiger partial charge < -0.3 is 14.4 Å². The zero-order valence-electron chi connectivity index (χ0n) is 18.1. The third kappa shape index (κ3) is 5.70. The second-order valence-electron chi connectivity index (χ2n) is 7.43. The van der Waals surface area contributed by atoms with Crippen molar-refractivity contribution in [3.63, 3.8) is 0 Å². The van der Waals surface area contributed by atoms with Crippen LogP contribution in [0.5, 0.6) is 5.75 Å². The summed E-state index contributed by atoms with van der Waals surface area (Å²) in [5.41, 5.74) is 3.96. The van der Waals surface area contributed by atoms with Crippen LogP contribution in [0, 0.1) is 0 Å². The number of hydrogen-bond acceptors (Lipinski definition) is 4. The van der Waals surface area contributed by atoms with Gasteiger partial charge in [0.15, 0.2) is 6.10 Å². The molecule has 0 aliphatic heterocycles. The zero-order valence-corrected chi connectivity index (χ0v) is 18.1. The van der Waals surface area contributed by atoms with Crippen LogP contribution < -0.4 is 9.64 Å². The lowest BCUT2D eigenvalue weighted by Gasteiger charge is -2.17. The summed E-state index contributed by atoms with van der Waals surface area (Å²) in [5, 5.41) is 1.02. The summed E-state index contributed by atoms with van der Waals surface area (Å²) < 4.78 is 24.7. The van der Waals surface area contributed by atoms with Crippen molar-refractivity contribution in [2.45, 2.75) is 32.8 Å². The highest BCUT2D eigenvalue weighted by Gasteiger charge is 2.12. The Balaban J connectivity index is 1.75. The lowest BCUT2D eigenvalue weighted by molar-refractivity contribution is 0.0367. The number of ether oxygens (including phenoxy) is 2. The number of fused-ring (bicyclic) bond motifs is 1. The largest absolute Gasteiger partial charge is 0.485 e. The molecule has 0 amide bonds. The summed E-state index contributed by atoms with van der Waals surface area (Å²) >= 11 is 0. The average Bonchev–Trinajstić information content (AvgIpc) is 2.80. The zero-order chi connectivity index (χ0) is 21.3. The van der Waals surface area contributed by atoms with Gasteiger partial charge in [0.2, 0.25) is 0 Å². The summed E-state index contributed by atoms with van der Waals surface area (Å²) in [6, 6.07) is 18.1. The van der Waals surface area contributed by atoms with E-state index in [4.69, 9.17) is 14.5 Å². The van der Waals surface area contributed by atoms with Gasteiger partial charge in [-0.3, -0.25) is 0 Å². The molecule has 4 nitrogen and oxygen atoms in total. The molecule has 0 aliphatic rings. The molecule has 0 bridgehead atoms. The minimum absolute atomic E-state index is 0.251. The Morgan fingerprint density at radius 1 is 1.03 bits per heavy atom. The van der Waals surface area contributed by atoms with E-state index in [1.807, 2.05) is 30.3 Å². The van der Waals surface area contributed by atoms with E-state index >= 15 is 0 Å². The quantitative estimate of drug-likeness (QED) is 0.369. The van der Waals surface area contributed by atoms with Gasteiger partial charge in [0.1, 0.15) is 12.4 Å². The molecule has 3 rings (SSSR count). The average molecular weight is 411 g/mol. The fourth-order valence-corrected chi connectivity index (χ4v) is 3.16. The van der Waals surface area contributed by atoms with Gasteiger partial charge in [-0.2, -0.15) is 0 Å². The van der Waals surface area contributed by atoms with E-state index in [1.165, 1.54) is 5.69 Å². The van der Waals surface area contributed by atoms with Gasteiger partial charge in [-0.05, 0) is 43.7 Å². The number of nitrogens with zero attached hydrogens (tertiary/aromatic N) is 2. The van der Waals surface area contributed by atoms with Crippen LogP contribution in [0.1, 0.15) is 26.7 Å². The number of hydrogen-bond donors (Lipinski definition) is 0. The monoisotopic (exact) mass is 410 g/mol. The topological polar surface area (TPSA) is 34.6 Å². The highest BCUT2D eigenvalue weighted by molar-refractivity contribution is 5.83. The van der Waals surface area contributed by atoms with Crippen molar-refractivity contribution in [1.29, 1.82) is 0 Å². The van der Waals surface area contributed by atoms with Crippen LogP contribution in [0.3, 0.4) is 0 Å². The number of halogens is 1. The standard InChI is InChI=1S/C25H31FN2O2/c1-4-6-15-29-18-23(17-26)30-22-13-9-20-10-14-24(27-25(20)16-22)19-7-11-21(12-8-19)28(3)5-2/h7-14,16,23H,4-6,15,17-18H2,1-3H3. The molecule has 0 fully saturated rings. The van der Waals surface area contributed by atoms with Crippen molar-refractivity contribution in [2.75, 3.05) is 38.4 Å². The Morgan fingerprint density at radius 2 is 1.80 bits per heavy atom. The molecule has 5 heteroatoms. The van der Waals surface area contributed by atoms with Crippen molar-refractivity contribution in [2.24, 2.45) is 0 Å². The number of benzene rings is 2. The van der Waals surface area contributed by atoms with Crippen LogP contribution in [0.15, 0.2) is 54.6 Å². The molecule has 0 saturated heterocycles. The number of aromatic nitrogens is 1. The molecule has 30 heavy (non-hydrogen) atoms.